The number of pyridine rings is 1. The highest BCUT2D eigenvalue weighted by Crippen LogP contribution is 2.11. The van der Waals surface area contributed by atoms with Crippen molar-refractivity contribution in [2.24, 2.45) is 0 Å². The Balaban J connectivity index is 1.72. The van der Waals surface area contributed by atoms with E-state index in [2.05, 4.69) is 10.3 Å². The fourth-order valence-corrected chi connectivity index (χ4v) is 2.07. The van der Waals surface area contributed by atoms with Crippen molar-refractivity contribution in [1.29, 1.82) is 0 Å². The van der Waals surface area contributed by atoms with Gasteiger partial charge >= 0.3 is 5.76 Å². The van der Waals surface area contributed by atoms with Gasteiger partial charge in [-0.3, -0.25) is 14.3 Å². The van der Waals surface area contributed by atoms with Crippen LogP contribution in [0.3, 0.4) is 0 Å². The monoisotopic (exact) mass is 283 g/mol. The first kappa shape index (κ1) is 13.1. The number of hydrogen-bond donors (Lipinski definition) is 1. The molecule has 0 atom stereocenters. The first-order valence-corrected chi connectivity index (χ1v) is 6.48. The SMILES string of the molecule is O=C(Cn1c(=O)oc2ccccc21)NCc1cccnc1. The van der Waals surface area contributed by atoms with Crippen LogP contribution in [0.1, 0.15) is 5.56 Å². The van der Waals surface area contributed by atoms with Crippen molar-refractivity contribution in [1.82, 2.24) is 14.9 Å². The molecule has 0 fully saturated rings. The highest BCUT2D eigenvalue weighted by atomic mass is 16.4. The normalized spacial score (nSPS) is 10.7. The maximum atomic E-state index is 11.9. The minimum absolute atomic E-state index is 0.0733. The van der Waals surface area contributed by atoms with E-state index in [1.807, 2.05) is 6.07 Å². The molecule has 21 heavy (non-hydrogen) atoms. The fraction of sp³-hybridized carbons (Fsp3) is 0.133. The quantitative estimate of drug-likeness (QED) is 0.783. The second-order valence-corrected chi connectivity index (χ2v) is 4.56. The Hall–Kier alpha value is -2.89. The maximum Gasteiger partial charge on any atom is 0.420 e. The lowest BCUT2D eigenvalue weighted by molar-refractivity contribution is -0.121. The van der Waals surface area contributed by atoms with E-state index in [1.165, 1.54) is 4.57 Å². The molecule has 2 heterocycles. The number of nitrogens with zero attached hydrogens (tertiary/aromatic N) is 2. The topological polar surface area (TPSA) is 77.1 Å². The van der Waals surface area contributed by atoms with Crippen molar-refractivity contribution in [3.63, 3.8) is 0 Å². The van der Waals surface area contributed by atoms with Crippen LogP contribution in [0, 0.1) is 0 Å². The molecule has 1 aromatic carbocycles. The van der Waals surface area contributed by atoms with E-state index in [0.717, 1.165) is 5.56 Å². The Kier molecular flexibility index (Phi) is 3.51. The smallest absolute Gasteiger partial charge is 0.408 e. The van der Waals surface area contributed by atoms with Gasteiger partial charge in [0.15, 0.2) is 5.58 Å². The Bertz CT molecular complexity index is 821. The van der Waals surface area contributed by atoms with E-state index in [-0.39, 0.29) is 12.5 Å². The van der Waals surface area contributed by atoms with E-state index < -0.39 is 5.76 Å². The van der Waals surface area contributed by atoms with Gasteiger partial charge in [-0.25, -0.2) is 4.79 Å². The van der Waals surface area contributed by atoms with Crippen LogP contribution in [0.5, 0.6) is 0 Å². The summed E-state index contributed by atoms with van der Waals surface area (Å²) in [6, 6.07) is 10.7. The number of hydrogen-bond acceptors (Lipinski definition) is 4. The number of fused-ring (bicyclic) bond motifs is 1. The summed E-state index contributed by atoms with van der Waals surface area (Å²) >= 11 is 0. The third-order valence-electron chi connectivity index (χ3n) is 3.09. The standard InChI is InChI=1S/C15H13N3O3/c19-14(17-9-11-4-3-7-16-8-11)10-18-12-5-1-2-6-13(12)21-15(18)20/h1-8H,9-10H2,(H,17,19). The molecule has 0 radical (unpaired) electrons. The van der Waals surface area contributed by atoms with Crippen LogP contribution in [0.2, 0.25) is 0 Å². The lowest BCUT2D eigenvalue weighted by Gasteiger charge is -2.05. The van der Waals surface area contributed by atoms with Crippen molar-refractivity contribution in [3.05, 3.63) is 64.9 Å². The molecule has 0 spiro atoms. The third-order valence-corrected chi connectivity index (χ3v) is 3.09. The van der Waals surface area contributed by atoms with E-state index in [0.29, 0.717) is 17.6 Å². The second kappa shape index (κ2) is 5.62. The molecule has 106 valence electrons. The molecule has 0 aliphatic carbocycles. The van der Waals surface area contributed by atoms with Gasteiger partial charge in [0.2, 0.25) is 5.91 Å². The number of amides is 1. The molecule has 6 nitrogen and oxygen atoms in total. The molecule has 0 unspecified atom stereocenters. The van der Waals surface area contributed by atoms with Gasteiger partial charge in [-0.15, -0.1) is 0 Å². The molecule has 3 rings (SSSR count). The van der Waals surface area contributed by atoms with Gasteiger partial charge in [-0.1, -0.05) is 18.2 Å². The van der Waals surface area contributed by atoms with Crippen LogP contribution in [0.25, 0.3) is 11.1 Å². The fourth-order valence-electron chi connectivity index (χ4n) is 2.07. The summed E-state index contributed by atoms with van der Waals surface area (Å²) in [6.07, 6.45) is 3.35. The maximum absolute atomic E-state index is 11.9. The Morgan fingerprint density at radius 1 is 1.24 bits per heavy atom. The zero-order valence-corrected chi connectivity index (χ0v) is 11.2. The molecule has 1 amide bonds. The molecular formula is C15H13N3O3. The lowest BCUT2D eigenvalue weighted by Crippen LogP contribution is -2.30. The zero-order chi connectivity index (χ0) is 14.7. The van der Waals surface area contributed by atoms with E-state index in [9.17, 15) is 9.59 Å². The summed E-state index contributed by atoms with van der Waals surface area (Å²) in [4.78, 5) is 27.7. The average molecular weight is 283 g/mol. The number of carbonyl (C=O) groups excluding carboxylic acids is 1. The second-order valence-electron chi connectivity index (χ2n) is 4.56. The molecule has 0 aliphatic rings. The van der Waals surface area contributed by atoms with Crippen molar-refractivity contribution < 1.29 is 9.21 Å². The van der Waals surface area contributed by atoms with Crippen molar-refractivity contribution in [3.8, 4) is 0 Å². The van der Waals surface area contributed by atoms with Gasteiger partial charge in [-0.2, -0.15) is 0 Å². The van der Waals surface area contributed by atoms with Crippen molar-refractivity contribution >= 4 is 17.0 Å². The van der Waals surface area contributed by atoms with Gasteiger partial charge in [-0.05, 0) is 23.8 Å². The van der Waals surface area contributed by atoms with Crippen molar-refractivity contribution in [2.45, 2.75) is 13.1 Å². The van der Waals surface area contributed by atoms with E-state index >= 15 is 0 Å². The van der Waals surface area contributed by atoms with Gasteiger partial charge in [0.1, 0.15) is 6.54 Å². The molecule has 3 aromatic rings. The predicted molar refractivity (Wildman–Crippen MR) is 76.6 cm³/mol. The largest absolute Gasteiger partial charge is 0.420 e. The predicted octanol–water partition coefficient (Wildman–Crippen LogP) is 1.31. The van der Waals surface area contributed by atoms with Crippen LogP contribution < -0.4 is 11.1 Å². The molecule has 0 aliphatic heterocycles. The number of para-hydroxylation sites is 2. The summed E-state index contributed by atoms with van der Waals surface area (Å²) in [7, 11) is 0. The van der Waals surface area contributed by atoms with Crippen LogP contribution >= 0.6 is 0 Å². The molecular weight excluding hydrogens is 270 g/mol. The van der Waals surface area contributed by atoms with Gasteiger partial charge < -0.3 is 9.73 Å². The summed E-state index contributed by atoms with van der Waals surface area (Å²) in [5.74, 6) is -0.791. The minimum atomic E-state index is -0.535. The van der Waals surface area contributed by atoms with Crippen LogP contribution in [0.15, 0.2) is 58.0 Å². The Morgan fingerprint density at radius 3 is 2.90 bits per heavy atom. The van der Waals surface area contributed by atoms with E-state index in [4.69, 9.17) is 4.42 Å². The summed E-state index contributed by atoms with van der Waals surface area (Å²) in [5, 5.41) is 2.75. The van der Waals surface area contributed by atoms with Gasteiger partial charge in [0.05, 0.1) is 5.52 Å². The third kappa shape index (κ3) is 2.84. The highest BCUT2D eigenvalue weighted by molar-refractivity contribution is 5.79. The number of nitrogens with one attached hydrogen (secondary N) is 1. The summed E-state index contributed by atoms with van der Waals surface area (Å²) in [6.45, 7) is 0.299. The van der Waals surface area contributed by atoms with E-state index in [1.54, 1.807) is 42.7 Å². The summed E-state index contributed by atoms with van der Waals surface area (Å²) in [5.41, 5.74) is 1.98. The Labute approximate surface area is 120 Å². The number of rotatable bonds is 4. The van der Waals surface area contributed by atoms with Gasteiger partial charge in [0.25, 0.3) is 0 Å². The molecule has 1 N–H and O–H groups in total. The molecule has 2 aromatic heterocycles. The van der Waals surface area contributed by atoms with Crippen LogP contribution in [0.4, 0.5) is 0 Å². The van der Waals surface area contributed by atoms with Crippen LogP contribution in [-0.4, -0.2) is 15.5 Å². The zero-order valence-electron chi connectivity index (χ0n) is 11.2. The van der Waals surface area contributed by atoms with Crippen molar-refractivity contribution in [2.75, 3.05) is 0 Å². The first-order chi connectivity index (χ1) is 10.2. The number of oxazole rings is 1. The minimum Gasteiger partial charge on any atom is -0.408 e. The highest BCUT2D eigenvalue weighted by Gasteiger charge is 2.11. The number of aromatic nitrogens is 2. The average Bonchev–Trinajstić information content (AvgIpc) is 2.82. The Morgan fingerprint density at radius 2 is 2.10 bits per heavy atom. The van der Waals surface area contributed by atoms with Gasteiger partial charge in [0, 0.05) is 18.9 Å². The molecule has 0 bridgehead atoms. The number of carbonyl (C=O) groups is 1. The summed E-state index contributed by atoms with van der Waals surface area (Å²) < 4.78 is 6.39. The molecule has 0 saturated carbocycles. The lowest BCUT2D eigenvalue weighted by atomic mass is 10.3. The number of benzene rings is 1. The van der Waals surface area contributed by atoms with Crippen LogP contribution in [-0.2, 0) is 17.9 Å². The molecule has 0 saturated heterocycles. The first-order valence-electron chi connectivity index (χ1n) is 6.48. The molecule has 6 heteroatoms.